The maximum absolute atomic E-state index is 12.3. The van der Waals surface area contributed by atoms with Crippen LogP contribution in [0.25, 0.3) is 0 Å². The molecule has 2 aromatic rings. The Hall–Kier alpha value is -1.36. The smallest absolute Gasteiger partial charge is 0.207 e. The lowest BCUT2D eigenvalue weighted by molar-refractivity contribution is 0.467. The number of rotatable bonds is 4. The molecule has 19 heavy (non-hydrogen) atoms. The number of hydrogen-bond donors (Lipinski definition) is 0. The average Bonchev–Trinajstić information content (AvgIpc) is 2.42. The zero-order valence-corrected chi connectivity index (χ0v) is 12.0. The molecule has 0 aliphatic rings. The average molecular weight is 296 g/mol. The van der Waals surface area contributed by atoms with Crippen molar-refractivity contribution in [2.45, 2.75) is 11.4 Å². The number of sulfonamides is 1. The van der Waals surface area contributed by atoms with Gasteiger partial charge in [-0.3, -0.25) is 0 Å². The third-order valence-corrected chi connectivity index (χ3v) is 4.84. The maximum atomic E-state index is 12.3. The van der Waals surface area contributed by atoms with Crippen molar-refractivity contribution in [3.63, 3.8) is 0 Å². The molecule has 0 N–H and O–H groups in total. The van der Waals surface area contributed by atoms with E-state index in [0.717, 1.165) is 5.56 Å². The van der Waals surface area contributed by atoms with E-state index in [1.165, 1.54) is 4.31 Å². The summed E-state index contributed by atoms with van der Waals surface area (Å²) in [6.45, 7) is 0.314. The van der Waals surface area contributed by atoms with Crippen molar-refractivity contribution in [3.05, 3.63) is 65.2 Å². The summed E-state index contributed by atoms with van der Waals surface area (Å²) in [5, 5.41) is 0.636. The molecule has 0 aliphatic heterocycles. The largest absolute Gasteiger partial charge is 0.243 e. The predicted octanol–water partition coefficient (Wildman–Crippen LogP) is 3.16. The number of halogens is 1. The van der Waals surface area contributed by atoms with Crippen molar-refractivity contribution in [3.8, 4) is 0 Å². The van der Waals surface area contributed by atoms with Gasteiger partial charge in [-0.25, -0.2) is 8.42 Å². The molecule has 100 valence electrons. The Morgan fingerprint density at radius 1 is 1.00 bits per heavy atom. The van der Waals surface area contributed by atoms with Gasteiger partial charge in [0.05, 0.1) is 4.90 Å². The second-order valence-corrected chi connectivity index (χ2v) is 6.68. The molecule has 0 atom stereocenters. The Morgan fingerprint density at radius 3 is 2.16 bits per heavy atom. The Balaban J connectivity index is 2.20. The van der Waals surface area contributed by atoms with E-state index in [1.54, 1.807) is 49.5 Å². The summed E-state index contributed by atoms with van der Waals surface area (Å²) in [6, 6.07) is 15.5. The molecule has 0 heterocycles. The summed E-state index contributed by atoms with van der Waals surface area (Å²) >= 11 is 5.80. The molecule has 0 aromatic heterocycles. The fourth-order valence-electron chi connectivity index (χ4n) is 1.70. The van der Waals surface area contributed by atoms with E-state index in [4.69, 9.17) is 11.6 Å². The molecule has 0 fully saturated rings. The van der Waals surface area contributed by atoms with E-state index in [9.17, 15) is 8.42 Å². The minimum Gasteiger partial charge on any atom is -0.207 e. The van der Waals surface area contributed by atoms with Crippen LogP contribution in [0.15, 0.2) is 59.5 Å². The van der Waals surface area contributed by atoms with Gasteiger partial charge in [-0.2, -0.15) is 4.31 Å². The first kappa shape index (κ1) is 14.1. The molecule has 0 spiro atoms. The van der Waals surface area contributed by atoms with Crippen molar-refractivity contribution < 1.29 is 8.42 Å². The minimum absolute atomic E-state index is 0.298. The Morgan fingerprint density at radius 2 is 1.58 bits per heavy atom. The lowest BCUT2D eigenvalue weighted by atomic mass is 10.2. The summed E-state index contributed by atoms with van der Waals surface area (Å²) in [4.78, 5) is 0.298. The zero-order chi connectivity index (χ0) is 13.9. The molecular formula is C14H14ClNO2S. The van der Waals surface area contributed by atoms with Crippen LogP contribution in [-0.4, -0.2) is 19.8 Å². The van der Waals surface area contributed by atoms with Gasteiger partial charge < -0.3 is 0 Å². The van der Waals surface area contributed by atoms with E-state index in [0.29, 0.717) is 16.5 Å². The second kappa shape index (κ2) is 5.74. The van der Waals surface area contributed by atoms with E-state index in [2.05, 4.69) is 0 Å². The molecule has 0 saturated heterocycles. The summed E-state index contributed by atoms with van der Waals surface area (Å²) in [5.74, 6) is 0. The van der Waals surface area contributed by atoms with E-state index in [-0.39, 0.29) is 0 Å². The van der Waals surface area contributed by atoms with Gasteiger partial charge >= 0.3 is 0 Å². The molecule has 3 nitrogen and oxygen atoms in total. The minimum atomic E-state index is -3.45. The summed E-state index contributed by atoms with van der Waals surface area (Å²) in [6.07, 6.45) is 0. The van der Waals surface area contributed by atoms with Gasteiger partial charge in [0.15, 0.2) is 0 Å². The molecule has 0 aliphatic carbocycles. The van der Waals surface area contributed by atoms with E-state index < -0.39 is 10.0 Å². The van der Waals surface area contributed by atoms with Crippen LogP contribution in [0.1, 0.15) is 5.56 Å². The first-order valence-electron chi connectivity index (χ1n) is 5.76. The first-order chi connectivity index (χ1) is 9.00. The number of hydrogen-bond acceptors (Lipinski definition) is 2. The van der Waals surface area contributed by atoms with Crippen LogP contribution in [0, 0.1) is 0 Å². The Labute approximate surface area is 118 Å². The number of nitrogens with zero attached hydrogens (tertiary/aromatic N) is 1. The van der Waals surface area contributed by atoms with Gasteiger partial charge in [0.25, 0.3) is 0 Å². The third kappa shape index (κ3) is 3.35. The number of benzene rings is 2. The van der Waals surface area contributed by atoms with Gasteiger partial charge in [-0.05, 0) is 29.8 Å². The van der Waals surface area contributed by atoms with E-state index in [1.807, 2.05) is 12.1 Å². The lowest BCUT2D eigenvalue weighted by Crippen LogP contribution is -2.26. The van der Waals surface area contributed by atoms with Gasteiger partial charge in [0, 0.05) is 18.6 Å². The lowest BCUT2D eigenvalue weighted by Gasteiger charge is -2.17. The fraction of sp³-hybridized carbons (Fsp3) is 0.143. The SMILES string of the molecule is CN(Cc1ccc(Cl)cc1)S(=O)(=O)c1ccccc1. The van der Waals surface area contributed by atoms with Gasteiger partial charge in [0.2, 0.25) is 10.0 Å². The molecule has 0 saturated carbocycles. The quantitative estimate of drug-likeness (QED) is 0.869. The fourth-order valence-corrected chi connectivity index (χ4v) is 3.01. The van der Waals surface area contributed by atoms with Gasteiger partial charge in [-0.1, -0.05) is 41.9 Å². The highest BCUT2D eigenvalue weighted by atomic mass is 35.5. The molecule has 0 radical (unpaired) electrons. The first-order valence-corrected chi connectivity index (χ1v) is 7.58. The van der Waals surface area contributed by atoms with Crippen molar-refractivity contribution in [2.75, 3.05) is 7.05 Å². The van der Waals surface area contributed by atoms with Crippen LogP contribution in [0.2, 0.25) is 5.02 Å². The van der Waals surface area contributed by atoms with Crippen molar-refractivity contribution in [1.82, 2.24) is 4.31 Å². The van der Waals surface area contributed by atoms with Gasteiger partial charge in [0.1, 0.15) is 0 Å². The third-order valence-electron chi connectivity index (χ3n) is 2.77. The summed E-state index contributed by atoms with van der Waals surface area (Å²) < 4.78 is 25.9. The van der Waals surface area contributed by atoms with Crippen molar-refractivity contribution in [2.24, 2.45) is 0 Å². The topological polar surface area (TPSA) is 37.4 Å². The molecule has 5 heteroatoms. The standard InChI is InChI=1S/C14H14ClNO2S/c1-16(11-12-7-9-13(15)10-8-12)19(17,18)14-5-3-2-4-6-14/h2-10H,11H2,1H3. The Bertz CT molecular complexity index is 639. The molecular weight excluding hydrogens is 282 g/mol. The van der Waals surface area contributed by atoms with Crippen molar-refractivity contribution in [1.29, 1.82) is 0 Å². The monoisotopic (exact) mass is 295 g/mol. The van der Waals surface area contributed by atoms with Crippen LogP contribution >= 0.6 is 11.6 Å². The highest BCUT2D eigenvalue weighted by Crippen LogP contribution is 2.17. The molecule has 0 bridgehead atoms. The molecule has 0 unspecified atom stereocenters. The van der Waals surface area contributed by atoms with Crippen LogP contribution in [-0.2, 0) is 16.6 Å². The van der Waals surface area contributed by atoms with Gasteiger partial charge in [-0.15, -0.1) is 0 Å². The van der Waals surface area contributed by atoms with Crippen LogP contribution < -0.4 is 0 Å². The van der Waals surface area contributed by atoms with Crippen LogP contribution in [0.3, 0.4) is 0 Å². The molecule has 0 amide bonds. The summed E-state index contributed by atoms with van der Waals surface area (Å²) in [5.41, 5.74) is 0.895. The second-order valence-electron chi connectivity index (χ2n) is 4.20. The highest BCUT2D eigenvalue weighted by Gasteiger charge is 2.20. The van der Waals surface area contributed by atoms with E-state index >= 15 is 0 Å². The maximum Gasteiger partial charge on any atom is 0.243 e. The molecule has 2 rings (SSSR count). The van der Waals surface area contributed by atoms with Crippen LogP contribution in [0.4, 0.5) is 0 Å². The zero-order valence-electron chi connectivity index (χ0n) is 10.5. The highest BCUT2D eigenvalue weighted by molar-refractivity contribution is 7.89. The molecule has 2 aromatic carbocycles. The summed E-state index contributed by atoms with van der Waals surface area (Å²) in [7, 11) is -1.88. The normalized spacial score (nSPS) is 11.7. The Kier molecular flexibility index (Phi) is 4.24. The predicted molar refractivity (Wildman–Crippen MR) is 76.5 cm³/mol. The van der Waals surface area contributed by atoms with Crippen molar-refractivity contribution >= 4 is 21.6 Å². The van der Waals surface area contributed by atoms with Crippen LogP contribution in [0.5, 0.6) is 0 Å².